The van der Waals surface area contributed by atoms with Gasteiger partial charge in [0.15, 0.2) is 0 Å². The summed E-state index contributed by atoms with van der Waals surface area (Å²) in [6.07, 6.45) is 4.00. The van der Waals surface area contributed by atoms with E-state index in [1.165, 1.54) is 11.1 Å². The van der Waals surface area contributed by atoms with E-state index in [0.29, 0.717) is 0 Å². The second kappa shape index (κ2) is 7.98. The Morgan fingerprint density at radius 2 is 1.09 bits per heavy atom. The number of benzene rings is 2. The molecule has 2 aliphatic heterocycles. The van der Waals surface area contributed by atoms with Gasteiger partial charge in [0.25, 0.3) is 0 Å². The molecule has 3 heterocycles. The maximum Gasteiger partial charge on any atom is 0.135 e. The van der Waals surface area contributed by atoms with Crippen molar-refractivity contribution in [3.63, 3.8) is 0 Å². The van der Waals surface area contributed by atoms with Crippen molar-refractivity contribution < 1.29 is 18.9 Å². The fraction of sp³-hybridized carbons (Fsp3) is 0.429. The molecule has 0 atom stereocenters. The molecule has 2 aliphatic rings. The van der Waals surface area contributed by atoms with Crippen molar-refractivity contribution in [3.05, 3.63) is 47.5 Å². The van der Waals surface area contributed by atoms with Crippen LogP contribution in [-0.2, 0) is 12.8 Å². The first kappa shape index (κ1) is 22.1. The topological polar surface area (TPSA) is 36.9 Å². The van der Waals surface area contributed by atoms with Gasteiger partial charge in [0.2, 0.25) is 0 Å². The van der Waals surface area contributed by atoms with Gasteiger partial charge in [-0.15, -0.1) is 11.3 Å². The summed E-state index contributed by atoms with van der Waals surface area (Å²) in [6, 6.07) is 12.7. The Balaban J connectivity index is 1.66. The highest BCUT2D eigenvalue weighted by atomic mass is 32.1. The van der Waals surface area contributed by atoms with Crippen LogP contribution < -0.4 is 18.9 Å². The number of thiophene rings is 1. The predicted octanol–water partition coefficient (Wildman–Crippen LogP) is 7.31. The van der Waals surface area contributed by atoms with Crippen LogP contribution in [0.5, 0.6) is 23.0 Å². The zero-order valence-electron chi connectivity index (χ0n) is 20.3. The first-order valence-corrected chi connectivity index (χ1v) is 12.4. The van der Waals surface area contributed by atoms with Crippen molar-refractivity contribution in [2.75, 3.05) is 14.2 Å². The monoisotopic (exact) mass is 464 g/mol. The lowest BCUT2D eigenvalue weighted by Gasteiger charge is -2.34. The van der Waals surface area contributed by atoms with E-state index in [4.69, 9.17) is 18.9 Å². The molecule has 1 aromatic heterocycles. The van der Waals surface area contributed by atoms with Gasteiger partial charge in [-0.2, -0.15) is 0 Å². The third kappa shape index (κ3) is 3.97. The molecule has 0 radical (unpaired) electrons. The molecule has 0 unspecified atom stereocenters. The van der Waals surface area contributed by atoms with Crippen molar-refractivity contribution in [2.24, 2.45) is 0 Å². The smallest absolute Gasteiger partial charge is 0.135 e. The Labute approximate surface area is 200 Å². The van der Waals surface area contributed by atoms with Gasteiger partial charge >= 0.3 is 0 Å². The van der Waals surface area contributed by atoms with Crippen LogP contribution in [-0.4, -0.2) is 25.4 Å². The fourth-order valence-electron chi connectivity index (χ4n) is 4.78. The number of aryl methyl sites for hydroxylation is 2. The van der Waals surface area contributed by atoms with Gasteiger partial charge < -0.3 is 18.9 Å². The lowest BCUT2D eigenvalue weighted by atomic mass is 9.92. The lowest BCUT2D eigenvalue weighted by Crippen LogP contribution is -2.32. The molecule has 174 valence electrons. The van der Waals surface area contributed by atoms with Crippen molar-refractivity contribution >= 4 is 11.3 Å². The third-order valence-electron chi connectivity index (χ3n) is 6.69. The maximum atomic E-state index is 6.50. The Kier molecular flexibility index (Phi) is 5.36. The molecule has 5 rings (SSSR count). The number of rotatable bonds is 4. The van der Waals surface area contributed by atoms with Gasteiger partial charge in [0.1, 0.15) is 34.2 Å². The van der Waals surface area contributed by atoms with E-state index >= 15 is 0 Å². The van der Waals surface area contributed by atoms with Crippen LogP contribution in [0.4, 0.5) is 0 Å². The highest BCUT2D eigenvalue weighted by Crippen LogP contribution is 2.52. The van der Waals surface area contributed by atoms with Crippen LogP contribution in [0.1, 0.15) is 51.7 Å². The average Bonchev–Trinajstić information content (AvgIpc) is 3.25. The van der Waals surface area contributed by atoms with Gasteiger partial charge in [-0.05, 0) is 88.8 Å². The SMILES string of the molecule is COc1ccc2c(c1-c1ccc(-c3c(OC)ccc4c3OC(C)(C)CC4)s1)OC(C)(C)CC2. The highest BCUT2D eigenvalue weighted by Gasteiger charge is 2.33. The van der Waals surface area contributed by atoms with Gasteiger partial charge in [-0.1, -0.05) is 12.1 Å². The summed E-state index contributed by atoms with van der Waals surface area (Å²) >= 11 is 1.72. The maximum absolute atomic E-state index is 6.50. The van der Waals surface area contributed by atoms with E-state index in [0.717, 1.165) is 69.6 Å². The molecule has 5 heteroatoms. The molecule has 0 saturated carbocycles. The molecule has 0 spiro atoms. The average molecular weight is 465 g/mol. The summed E-state index contributed by atoms with van der Waals surface area (Å²) < 4.78 is 24.6. The molecule has 0 amide bonds. The number of hydrogen-bond donors (Lipinski definition) is 0. The van der Waals surface area contributed by atoms with Crippen molar-refractivity contribution in [1.29, 1.82) is 0 Å². The first-order valence-electron chi connectivity index (χ1n) is 11.6. The van der Waals surface area contributed by atoms with Crippen molar-refractivity contribution in [1.82, 2.24) is 0 Å². The summed E-state index contributed by atoms with van der Waals surface area (Å²) in [4.78, 5) is 2.23. The van der Waals surface area contributed by atoms with E-state index in [-0.39, 0.29) is 11.2 Å². The Morgan fingerprint density at radius 1 is 0.667 bits per heavy atom. The van der Waals surface area contributed by atoms with E-state index in [9.17, 15) is 0 Å². The number of ether oxygens (including phenoxy) is 4. The van der Waals surface area contributed by atoms with E-state index < -0.39 is 0 Å². The second-order valence-electron chi connectivity index (χ2n) is 10.1. The minimum Gasteiger partial charge on any atom is -0.496 e. The zero-order valence-corrected chi connectivity index (χ0v) is 21.2. The molecular formula is C28H32O4S. The number of fused-ring (bicyclic) bond motifs is 2. The van der Waals surface area contributed by atoms with E-state index in [1.807, 2.05) is 0 Å². The molecule has 0 bridgehead atoms. The summed E-state index contributed by atoms with van der Waals surface area (Å²) in [7, 11) is 3.44. The lowest BCUT2D eigenvalue weighted by molar-refractivity contribution is 0.0848. The molecule has 2 aromatic carbocycles. The molecular weight excluding hydrogens is 432 g/mol. The van der Waals surface area contributed by atoms with Gasteiger partial charge in [-0.3, -0.25) is 0 Å². The van der Waals surface area contributed by atoms with Crippen molar-refractivity contribution in [2.45, 2.75) is 64.6 Å². The molecule has 4 nitrogen and oxygen atoms in total. The quantitative estimate of drug-likeness (QED) is 0.406. The number of hydrogen-bond acceptors (Lipinski definition) is 5. The third-order valence-corrected chi connectivity index (χ3v) is 7.81. The van der Waals surface area contributed by atoms with Crippen LogP contribution in [0.3, 0.4) is 0 Å². The van der Waals surface area contributed by atoms with Crippen LogP contribution in [0.25, 0.3) is 20.9 Å². The number of methoxy groups -OCH3 is 2. The summed E-state index contributed by atoms with van der Waals surface area (Å²) in [5.41, 5.74) is 4.14. The standard InChI is InChI=1S/C28H32O4S/c1-27(2)15-13-17-7-9-19(29-5)23(25(17)31-27)21-11-12-22(33-21)24-20(30-6)10-8-18-14-16-28(3,4)32-26(18)24/h7-12H,13-16H2,1-6H3. The van der Waals surface area contributed by atoms with E-state index in [2.05, 4.69) is 64.1 Å². The first-order chi connectivity index (χ1) is 15.7. The fourth-order valence-corrected chi connectivity index (χ4v) is 5.88. The second-order valence-corrected chi connectivity index (χ2v) is 11.2. The van der Waals surface area contributed by atoms with Crippen LogP contribution >= 0.6 is 11.3 Å². The highest BCUT2D eigenvalue weighted by molar-refractivity contribution is 7.19. The van der Waals surface area contributed by atoms with Crippen molar-refractivity contribution in [3.8, 4) is 43.9 Å². The molecule has 0 saturated heterocycles. The molecule has 0 fully saturated rings. The molecule has 3 aromatic rings. The molecule has 0 aliphatic carbocycles. The van der Waals surface area contributed by atoms with Crippen LogP contribution in [0.15, 0.2) is 36.4 Å². The Hall–Kier alpha value is -2.66. The Morgan fingerprint density at radius 3 is 1.48 bits per heavy atom. The van der Waals surface area contributed by atoms with E-state index in [1.54, 1.807) is 25.6 Å². The normalized spacial score (nSPS) is 17.9. The largest absolute Gasteiger partial charge is 0.496 e. The summed E-state index contributed by atoms with van der Waals surface area (Å²) in [6.45, 7) is 8.61. The van der Waals surface area contributed by atoms with Crippen LogP contribution in [0, 0.1) is 0 Å². The molecule has 33 heavy (non-hydrogen) atoms. The molecule has 0 N–H and O–H groups in total. The van der Waals surface area contributed by atoms with Gasteiger partial charge in [0, 0.05) is 9.75 Å². The van der Waals surface area contributed by atoms with Gasteiger partial charge in [0.05, 0.1) is 25.3 Å². The summed E-state index contributed by atoms with van der Waals surface area (Å²) in [5, 5.41) is 0. The summed E-state index contributed by atoms with van der Waals surface area (Å²) in [5.74, 6) is 3.55. The zero-order chi connectivity index (χ0) is 23.4. The Bertz CT molecular complexity index is 1110. The van der Waals surface area contributed by atoms with Gasteiger partial charge in [-0.25, -0.2) is 0 Å². The minimum atomic E-state index is -0.199. The minimum absolute atomic E-state index is 0.199. The predicted molar refractivity (Wildman–Crippen MR) is 134 cm³/mol. The van der Waals surface area contributed by atoms with Crippen LogP contribution in [0.2, 0.25) is 0 Å².